The molecular formula is C33H36ClN3O3. The van der Waals surface area contributed by atoms with Crippen molar-refractivity contribution in [1.29, 1.82) is 0 Å². The second-order valence-corrected chi connectivity index (χ2v) is 11.0. The lowest BCUT2D eigenvalue weighted by molar-refractivity contribution is -0.117. The Morgan fingerprint density at radius 2 is 1.75 bits per heavy atom. The Labute approximate surface area is 241 Å². The Bertz CT molecular complexity index is 1350. The first-order valence-electron chi connectivity index (χ1n) is 14.1. The van der Waals surface area contributed by atoms with E-state index < -0.39 is 0 Å². The van der Waals surface area contributed by atoms with Crippen molar-refractivity contribution in [2.45, 2.75) is 51.1 Å². The van der Waals surface area contributed by atoms with E-state index in [1.807, 2.05) is 60.7 Å². The number of amides is 2. The monoisotopic (exact) mass is 557 g/mol. The number of nitrogens with one attached hydrogen (secondary N) is 1. The molecule has 0 spiro atoms. The average molecular weight is 558 g/mol. The maximum atomic E-state index is 13.5. The molecule has 2 amide bonds. The van der Waals surface area contributed by atoms with Crippen molar-refractivity contribution >= 4 is 35.2 Å². The van der Waals surface area contributed by atoms with Crippen molar-refractivity contribution in [2.75, 3.05) is 25.0 Å². The minimum atomic E-state index is -0.228. The summed E-state index contributed by atoms with van der Waals surface area (Å²) >= 11 is 6.04. The topological polar surface area (TPSA) is 61.9 Å². The van der Waals surface area contributed by atoms with Crippen LogP contribution in [0.5, 0.6) is 5.75 Å². The van der Waals surface area contributed by atoms with Gasteiger partial charge in [-0.2, -0.15) is 0 Å². The molecule has 40 heavy (non-hydrogen) atoms. The molecule has 1 heterocycles. The van der Waals surface area contributed by atoms with Crippen LogP contribution in [0, 0.1) is 0 Å². The summed E-state index contributed by atoms with van der Waals surface area (Å²) in [5.74, 6) is 0.528. The number of carbonyl (C=O) groups is 2. The summed E-state index contributed by atoms with van der Waals surface area (Å²) in [5.41, 5.74) is 3.05. The summed E-state index contributed by atoms with van der Waals surface area (Å²) in [5, 5.41) is 3.68. The standard InChI is InChI=1S/C33H36ClN3O3/c1-36(28-8-3-2-4-9-28)21-7-20-35-32(38)26-16-12-24(13-17-26)22-31-33(39)37(23-25-14-18-27(34)19-15-25)29-10-5-6-11-30(29)40-31/h5-6,10-19,22,28H,2-4,7-9,20-21,23H2,1H3,(H,35,38). The van der Waals surface area contributed by atoms with Crippen LogP contribution >= 0.6 is 11.6 Å². The van der Waals surface area contributed by atoms with Gasteiger partial charge in [-0.3, -0.25) is 14.5 Å². The van der Waals surface area contributed by atoms with Gasteiger partial charge < -0.3 is 15.0 Å². The number of anilines is 1. The Morgan fingerprint density at radius 1 is 1.02 bits per heavy atom. The number of rotatable bonds is 9. The van der Waals surface area contributed by atoms with E-state index in [4.69, 9.17) is 16.3 Å². The molecule has 1 aliphatic heterocycles. The molecule has 7 heteroatoms. The van der Waals surface area contributed by atoms with E-state index in [0.29, 0.717) is 35.5 Å². The summed E-state index contributed by atoms with van der Waals surface area (Å²) in [6.45, 7) is 2.03. The van der Waals surface area contributed by atoms with Crippen molar-refractivity contribution in [3.63, 3.8) is 0 Å². The third kappa shape index (κ3) is 6.93. The van der Waals surface area contributed by atoms with Crippen molar-refractivity contribution in [3.8, 4) is 5.75 Å². The largest absolute Gasteiger partial charge is 0.449 e. The number of nitrogens with zero attached hydrogens (tertiary/aromatic N) is 2. The molecule has 0 radical (unpaired) electrons. The SMILES string of the molecule is CN(CCCNC(=O)c1ccc(C=C2Oc3ccccc3N(Cc3ccc(Cl)cc3)C2=O)cc1)C1CCCCC1. The quantitative estimate of drug-likeness (QED) is 0.235. The highest BCUT2D eigenvalue weighted by molar-refractivity contribution is 6.30. The highest BCUT2D eigenvalue weighted by Crippen LogP contribution is 2.36. The molecule has 5 rings (SSSR count). The maximum absolute atomic E-state index is 13.5. The molecule has 1 N–H and O–H groups in total. The van der Waals surface area contributed by atoms with Crippen LogP contribution in [-0.4, -0.2) is 42.9 Å². The summed E-state index contributed by atoms with van der Waals surface area (Å²) in [4.78, 5) is 30.3. The molecule has 3 aromatic rings. The summed E-state index contributed by atoms with van der Waals surface area (Å²) < 4.78 is 6.01. The molecule has 0 atom stereocenters. The first-order chi connectivity index (χ1) is 19.5. The molecule has 0 aromatic heterocycles. The third-order valence-electron chi connectivity index (χ3n) is 7.73. The van der Waals surface area contributed by atoms with Crippen molar-refractivity contribution in [2.24, 2.45) is 0 Å². The highest BCUT2D eigenvalue weighted by atomic mass is 35.5. The molecule has 1 fully saturated rings. The number of hydrogen-bond acceptors (Lipinski definition) is 4. The van der Waals surface area contributed by atoms with Gasteiger partial charge in [0.05, 0.1) is 12.2 Å². The number of fused-ring (bicyclic) bond motifs is 1. The fraction of sp³-hybridized carbons (Fsp3) is 0.333. The van der Waals surface area contributed by atoms with E-state index in [0.717, 1.165) is 29.8 Å². The van der Waals surface area contributed by atoms with Crippen LogP contribution in [-0.2, 0) is 11.3 Å². The lowest BCUT2D eigenvalue weighted by Gasteiger charge is -2.31. The van der Waals surface area contributed by atoms with E-state index in [2.05, 4.69) is 17.3 Å². The van der Waals surface area contributed by atoms with Gasteiger partial charge in [-0.25, -0.2) is 0 Å². The van der Waals surface area contributed by atoms with Crippen LogP contribution in [0.15, 0.2) is 78.6 Å². The van der Waals surface area contributed by atoms with E-state index in [9.17, 15) is 9.59 Å². The van der Waals surface area contributed by atoms with Crippen LogP contribution in [0.2, 0.25) is 5.02 Å². The number of hydrogen-bond donors (Lipinski definition) is 1. The Kier molecular flexibility index (Phi) is 9.19. The molecule has 0 unspecified atom stereocenters. The molecular weight excluding hydrogens is 522 g/mol. The highest BCUT2D eigenvalue weighted by Gasteiger charge is 2.30. The van der Waals surface area contributed by atoms with Gasteiger partial charge in [-0.15, -0.1) is 0 Å². The summed E-state index contributed by atoms with van der Waals surface area (Å²) in [7, 11) is 2.20. The molecule has 6 nitrogen and oxygen atoms in total. The molecule has 208 valence electrons. The fourth-order valence-electron chi connectivity index (χ4n) is 5.41. The normalized spacial score (nSPS) is 16.6. The lowest BCUT2D eigenvalue weighted by Crippen LogP contribution is -2.36. The van der Waals surface area contributed by atoms with Crippen LogP contribution in [0.4, 0.5) is 5.69 Å². The van der Waals surface area contributed by atoms with E-state index in [-0.39, 0.29) is 17.6 Å². The summed E-state index contributed by atoms with van der Waals surface area (Å²) in [6.07, 6.45) is 9.23. The van der Waals surface area contributed by atoms with Crippen molar-refractivity contribution in [3.05, 3.63) is 100 Å². The first-order valence-corrected chi connectivity index (χ1v) is 14.5. The maximum Gasteiger partial charge on any atom is 0.294 e. The second kappa shape index (κ2) is 13.2. The fourth-order valence-corrected chi connectivity index (χ4v) is 5.54. The Hall–Kier alpha value is -3.61. The van der Waals surface area contributed by atoms with Crippen LogP contribution in [0.1, 0.15) is 60.0 Å². The predicted octanol–water partition coefficient (Wildman–Crippen LogP) is 6.69. The number of ether oxygens (including phenoxy) is 1. The number of carbonyl (C=O) groups excluding carboxylic acids is 2. The zero-order chi connectivity index (χ0) is 27.9. The van der Waals surface area contributed by atoms with Gasteiger partial charge >= 0.3 is 0 Å². The number of para-hydroxylation sites is 2. The zero-order valence-corrected chi connectivity index (χ0v) is 23.7. The van der Waals surface area contributed by atoms with Crippen LogP contribution < -0.4 is 15.0 Å². The minimum absolute atomic E-state index is 0.0902. The molecule has 3 aromatic carbocycles. The first kappa shape index (κ1) is 27.9. The second-order valence-electron chi connectivity index (χ2n) is 10.6. The van der Waals surface area contributed by atoms with Gasteiger partial charge in [0.1, 0.15) is 0 Å². The third-order valence-corrected chi connectivity index (χ3v) is 7.98. The van der Waals surface area contributed by atoms with Gasteiger partial charge in [-0.1, -0.05) is 67.3 Å². The minimum Gasteiger partial charge on any atom is -0.449 e. The zero-order valence-electron chi connectivity index (χ0n) is 22.9. The summed E-state index contributed by atoms with van der Waals surface area (Å²) in [6, 6.07) is 22.9. The van der Waals surface area contributed by atoms with Crippen LogP contribution in [0.3, 0.4) is 0 Å². The molecule has 1 saturated carbocycles. The molecule has 0 saturated heterocycles. The Balaban J connectivity index is 1.20. The van der Waals surface area contributed by atoms with Gasteiger partial charge in [0.15, 0.2) is 11.5 Å². The van der Waals surface area contributed by atoms with E-state index in [1.165, 1.54) is 32.1 Å². The lowest BCUT2D eigenvalue weighted by atomic mass is 9.94. The predicted molar refractivity (Wildman–Crippen MR) is 161 cm³/mol. The van der Waals surface area contributed by atoms with E-state index in [1.54, 1.807) is 23.1 Å². The van der Waals surface area contributed by atoms with Crippen molar-refractivity contribution in [1.82, 2.24) is 10.2 Å². The smallest absolute Gasteiger partial charge is 0.294 e. The average Bonchev–Trinajstić information content (AvgIpc) is 2.99. The number of benzene rings is 3. The molecule has 0 bridgehead atoms. The van der Waals surface area contributed by atoms with Gasteiger partial charge in [-0.05, 0) is 86.5 Å². The van der Waals surface area contributed by atoms with Crippen LogP contribution in [0.25, 0.3) is 6.08 Å². The van der Waals surface area contributed by atoms with E-state index >= 15 is 0 Å². The number of halogens is 1. The molecule has 1 aliphatic carbocycles. The van der Waals surface area contributed by atoms with Crippen molar-refractivity contribution < 1.29 is 14.3 Å². The van der Waals surface area contributed by atoms with Gasteiger partial charge in [0.25, 0.3) is 11.8 Å². The molecule has 2 aliphatic rings. The van der Waals surface area contributed by atoms with Gasteiger partial charge in [0, 0.05) is 23.2 Å². The van der Waals surface area contributed by atoms with Gasteiger partial charge in [0.2, 0.25) is 0 Å². The Morgan fingerprint density at radius 3 is 2.50 bits per heavy atom.